The zero-order valence-electron chi connectivity index (χ0n) is 13.0. The van der Waals surface area contributed by atoms with Crippen LogP contribution in [0.25, 0.3) is 0 Å². The maximum absolute atomic E-state index is 5.54. The van der Waals surface area contributed by atoms with Crippen LogP contribution in [0.15, 0.2) is 0 Å². The molecule has 3 nitrogen and oxygen atoms in total. The van der Waals surface area contributed by atoms with Crippen LogP contribution < -0.4 is 5.32 Å². The van der Waals surface area contributed by atoms with Gasteiger partial charge in [0.05, 0.1) is 6.10 Å². The van der Waals surface area contributed by atoms with Gasteiger partial charge in [-0.25, -0.2) is 0 Å². The highest BCUT2D eigenvalue weighted by Gasteiger charge is 2.36. The standard InChI is InChI=1S/C16H32N2O/c1-4-6-13-7-8-15(17-5-2)16(11-13)18-10-9-14(12-18)19-3/h13-17H,4-12H2,1-3H3. The highest BCUT2D eigenvalue weighted by molar-refractivity contribution is 4.94. The summed E-state index contributed by atoms with van der Waals surface area (Å²) in [7, 11) is 1.86. The minimum absolute atomic E-state index is 0.467. The normalized spacial score (nSPS) is 36.8. The molecule has 4 unspecified atom stereocenters. The minimum atomic E-state index is 0.467. The summed E-state index contributed by atoms with van der Waals surface area (Å²) in [5.74, 6) is 0.950. The van der Waals surface area contributed by atoms with Crippen LogP contribution in [0.1, 0.15) is 52.4 Å². The van der Waals surface area contributed by atoms with Crippen LogP contribution in [0.5, 0.6) is 0 Å². The summed E-state index contributed by atoms with van der Waals surface area (Å²) in [6.07, 6.45) is 8.60. The number of methoxy groups -OCH3 is 1. The summed E-state index contributed by atoms with van der Waals surface area (Å²) in [5, 5.41) is 3.72. The van der Waals surface area contributed by atoms with E-state index >= 15 is 0 Å². The van der Waals surface area contributed by atoms with Gasteiger partial charge in [0.2, 0.25) is 0 Å². The molecule has 0 bridgehead atoms. The number of likely N-dealkylation sites (tertiary alicyclic amines) is 1. The van der Waals surface area contributed by atoms with Crippen molar-refractivity contribution in [2.24, 2.45) is 5.92 Å². The fourth-order valence-electron chi connectivity index (χ4n) is 4.05. The fourth-order valence-corrected chi connectivity index (χ4v) is 4.05. The average Bonchev–Trinajstić information content (AvgIpc) is 2.90. The van der Waals surface area contributed by atoms with Gasteiger partial charge in [-0.3, -0.25) is 4.90 Å². The van der Waals surface area contributed by atoms with Crippen molar-refractivity contribution in [3.8, 4) is 0 Å². The van der Waals surface area contributed by atoms with Crippen LogP contribution in [0.4, 0.5) is 0 Å². The second kappa shape index (κ2) is 7.61. The Hall–Kier alpha value is -0.120. The molecular weight excluding hydrogens is 236 g/mol. The first-order chi connectivity index (χ1) is 9.28. The number of likely N-dealkylation sites (N-methyl/N-ethyl adjacent to an activating group) is 1. The summed E-state index contributed by atoms with van der Waals surface area (Å²) >= 11 is 0. The number of hydrogen-bond donors (Lipinski definition) is 1. The van der Waals surface area contributed by atoms with Gasteiger partial charge >= 0.3 is 0 Å². The van der Waals surface area contributed by atoms with Crippen molar-refractivity contribution in [2.75, 3.05) is 26.7 Å². The molecule has 112 valence electrons. The van der Waals surface area contributed by atoms with Gasteiger partial charge in [-0.05, 0) is 38.1 Å². The summed E-state index contributed by atoms with van der Waals surface area (Å²) in [5.41, 5.74) is 0. The molecule has 2 aliphatic rings. The van der Waals surface area contributed by atoms with Crippen molar-refractivity contribution >= 4 is 0 Å². The van der Waals surface area contributed by atoms with Gasteiger partial charge in [0.25, 0.3) is 0 Å². The van der Waals surface area contributed by atoms with Crippen molar-refractivity contribution in [3.05, 3.63) is 0 Å². The van der Waals surface area contributed by atoms with E-state index in [0.29, 0.717) is 12.1 Å². The first-order valence-electron chi connectivity index (χ1n) is 8.28. The molecule has 2 fully saturated rings. The lowest BCUT2D eigenvalue weighted by molar-refractivity contribution is 0.0764. The van der Waals surface area contributed by atoms with Gasteiger partial charge < -0.3 is 10.1 Å². The molecule has 0 radical (unpaired) electrons. The topological polar surface area (TPSA) is 24.5 Å². The molecule has 2 rings (SSSR count). The predicted molar refractivity (Wildman–Crippen MR) is 80.5 cm³/mol. The molecule has 3 heteroatoms. The van der Waals surface area contributed by atoms with Crippen LogP contribution in [0, 0.1) is 5.92 Å². The van der Waals surface area contributed by atoms with Gasteiger partial charge in [-0.15, -0.1) is 0 Å². The minimum Gasteiger partial charge on any atom is -0.380 e. The summed E-state index contributed by atoms with van der Waals surface area (Å²) < 4.78 is 5.54. The van der Waals surface area contributed by atoms with E-state index < -0.39 is 0 Å². The summed E-state index contributed by atoms with van der Waals surface area (Å²) in [6, 6.07) is 1.44. The molecular formula is C16H32N2O. The first-order valence-corrected chi connectivity index (χ1v) is 8.28. The monoisotopic (exact) mass is 268 g/mol. The van der Waals surface area contributed by atoms with Crippen molar-refractivity contribution in [2.45, 2.75) is 70.6 Å². The van der Waals surface area contributed by atoms with Crippen molar-refractivity contribution in [3.63, 3.8) is 0 Å². The van der Waals surface area contributed by atoms with Crippen LogP contribution in [-0.2, 0) is 4.74 Å². The molecule has 0 aromatic heterocycles. The molecule has 1 aliphatic heterocycles. The van der Waals surface area contributed by atoms with E-state index in [2.05, 4.69) is 24.1 Å². The molecule has 0 aromatic carbocycles. The van der Waals surface area contributed by atoms with Gasteiger partial charge in [-0.1, -0.05) is 26.7 Å². The third-order valence-electron chi connectivity index (χ3n) is 5.07. The van der Waals surface area contributed by atoms with Crippen LogP contribution in [-0.4, -0.2) is 49.8 Å². The van der Waals surface area contributed by atoms with E-state index in [1.807, 2.05) is 7.11 Å². The molecule has 1 saturated heterocycles. The maximum Gasteiger partial charge on any atom is 0.0710 e. The second-order valence-electron chi connectivity index (χ2n) is 6.34. The smallest absolute Gasteiger partial charge is 0.0710 e. The fraction of sp³-hybridized carbons (Fsp3) is 1.00. The van der Waals surface area contributed by atoms with Gasteiger partial charge in [0.1, 0.15) is 0 Å². The first kappa shape index (κ1) is 15.3. The Kier molecular flexibility index (Phi) is 6.11. The SMILES string of the molecule is CCCC1CCC(NCC)C(N2CCC(OC)C2)C1. The van der Waals surface area contributed by atoms with E-state index in [9.17, 15) is 0 Å². The van der Waals surface area contributed by atoms with Crippen molar-refractivity contribution < 1.29 is 4.74 Å². The molecule has 4 atom stereocenters. The molecule has 0 spiro atoms. The van der Waals surface area contributed by atoms with Gasteiger partial charge in [0, 0.05) is 32.3 Å². The lowest BCUT2D eigenvalue weighted by Crippen LogP contribution is -2.52. The lowest BCUT2D eigenvalue weighted by atomic mass is 9.79. The Balaban J connectivity index is 1.95. The number of ether oxygens (including phenoxy) is 1. The second-order valence-corrected chi connectivity index (χ2v) is 6.34. The van der Waals surface area contributed by atoms with E-state index in [1.54, 1.807) is 0 Å². The van der Waals surface area contributed by atoms with E-state index in [1.165, 1.54) is 45.1 Å². The summed E-state index contributed by atoms with van der Waals surface area (Å²) in [4.78, 5) is 2.70. The molecule has 1 heterocycles. The molecule has 1 saturated carbocycles. The molecule has 19 heavy (non-hydrogen) atoms. The Bertz CT molecular complexity index is 259. The average molecular weight is 268 g/mol. The molecule has 0 amide bonds. The van der Waals surface area contributed by atoms with Gasteiger partial charge in [-0.2, -0.15) is 0 Å². The molecule has 1 aliphatic carbocycles. The number of nitrogens with one attached hydrogen (secondary N) is 1. The molecule has 1 N–H and O–H groups in total. The summed E-state index contributed by atoms with van der Waals surface area (Å²) in [6.45, 7) is 8.02. The highest BCUT2D eigenvalue weighted by Crippen LogP contribution is 2.32. The third kappa shape index (κ3) is 3.93. The van der Waals surface area contributed by atoms with E-state index in [0.717, 1.165) is 25.0 Å². The van der Waals surface area contributed by atoms with Gasteiger partial charge in [0.15, 0.2) is 0 Å². The van der Waals surface area contributed by atoms with Crippen LogP contribution in [0.2, 0.25) is 0 Å². The van der Waals surface area contributed by atoms with Crippen LogP contribution in [0.3, 0.4) is 0 Å². The Labute approximate surface area is 119 Å². The maximum atomic E-state index is 5.54. The van der Waals surface area contributed by atoms with Crippen molar-refractivity contribution in [1.29, 1.82) is 0 Å². The number of rotatable bonds is 6. The number of hydrogen-bond acceptors (Lipinski definition) is 3. The lowest BCUT2D eigenvalue weighted by Gasteiger charge is -2.41. The number of nitrogens with zero attached hydrogens (tertiary/aromatic N) is 1. The highest BCUT2D eigenvalue weighted by atomic mass is 16.5. The zero-order valence-corrected chi connectivity index (χ0v) is 13.0. The third-order valence-corrected chi connectivity index (χ3v) is 5.07. The van der Waals surface area contributed by atoms with E-state index in [4.69, 9.17) is 4.74 Å². The Morgan fingerprint density at radius 3 is 2.68 bits per heavy atom. The van der Waals surface area contributed by atoms with Crippen molar-refractivity contribution in [1.82, 2.24) is 10.2 Å². The van der Waals surface area contributed by atoms with Crippen LogP contribution >= 0.6 is 0 Å². The largest absolute Gasteiger partial charge is 0.380 e. The predicted octanol–water partition coefficient (Wildman–Crippen LogP) is 2.65. The van der Waals surface area contributed by atoms with E-state index in [-0.39, 0.29) is 0 Å². The zero-order chi connectivity index (χ0) is 13.7. The molecule has 0 aromatic rings. The Morgan fingerprint density at radius 2 is 2.05 bits per heavy atom. The Morgan fingerprint density at radius 1 is 1.21 bits per heavy atom. The quantitative estimate of drug-likeness (QED) is 0.801.